The summed E-state index contributed by atoms with van der Waals surface area (Å²) in [6.45, 7) is 2.28. The van der Waals surface area contributed by atoms with Crippen molar-refractivity contribution in [3.63, 3.8) is 0 Å². The third-order valence-corrected chi connectivity index (χ3v) is 3.19. The van der Waals surface area contributed by atoms with Crippen molar-refractivity contribution in [3.8, 4) is 0 Å². The Hall–Kier alpha value is -2.57. The van der Waals surface area contributed by atoms with Crippen LogP contribution in [0.15, 0.2) is 32.4 Å². The number of furan rings is 1. The second kappa shape index (κ2) is 4.84. The van der Waals surface area contributed by atoms with Gasteiger partial charge in [-0.05, 0) is 19.1 Å². The van der Waals surface area contributed by atoms with Crippen molar-refractivity contribution < 1.29 is 4.42 Å². The molecule has 0 aliphatic rings. The van der Waals surface area contributed by atoms with Gasteiger partial charge in [-0.2, -0.15) is 0 Å². The molecular formula is C13H14N4O3. The topological polar surface area (TPSA) is 96.7 Å². The summed E-state index contributed by atoms with van der Waals surface area (Å²) in [5, 5.41) is 0. The highest BCUT2D eigenvalue weighted by Crippen LogP contribution is 2.09. The minimum absolute atomic E-state index is 0.334. The van der Waals surface area contributed by atoms with Crippen molar-refractivity contribution >= 4 is 11.2 Å². The van der Waals surface area contributed by atoms with Gasteiger partial charge in [0.2, 0.25) is 0 Å². The fraction of sp³-hybridized carbons (Fsp3) is 0.308. The molecule has 0 radical (unpaired) electrons. The Morgan fingerprint density at radius 3 is 2.85 bits per heavy atom. The third kappa shape index (κ3) is 2.07. The highest BCUT2D eigenvalue weighted by molar-refractivity contribution is 5.69. The number of fused-ring (bicyclic) bond motifs is 1. The number of aromatic amines is 2. The Morgan fingerprint density at radius 1 is 1.30 bits per heavy atom. The largest absolute Gasteiger partial charge is 0.469 e. The number of imidazole rings is 1. The Bertz CT molecular complexity index is 839. The van der Waals surface area contributed by atoms with Gasteiger partial charge in [-0.1, -0.05) is 0 Å². The number of nitrogens with zero attached hydrogens (tertiary/aromatic N) is 2. The van der Waals surface area contributed by atoms with E-state index in [1.807, 2.05) is 19.1 Å². The summed E-state index contributed by atoms with van der Waals surface area (Å²) in [6.07, 6.45) is 2.91. The van der Waals surface area contributed by atoms with E-state index in [0.717, 1.165) is 5.76 Å². The molecule has 20 heavy (non-hydrogen) atoms. The monoisotopic (exact) mass is 274 g/mol. The molecule has 3 aromatic heterocycles. The average Bonchev–Trinajstić information content (AvgIpc) is 3.06. The minimum Gasteiger partial charge on any atom is -0.469 e. The molecule has 0 aromatic carbocycles. The number of hydrogen-bond acceptors (Lipinski definition) is 4. The van der Waals surface area contributed by atoms with Gasteiger partial charge in [0, 0.05) is 19.4 Å². The first-order valence-corrected chi connectivity index (χ1v) is 6.43. The van der Waals surface area contributed by atoms with Gasteiger partial charge in [-0.3, -0.25) is 14.3 Å². The van der Waals surface area contributed by atoms with Gasteiger partial charge >= 0.3 is 5.69 Å². The summed E-state index contributed by atoms with van der Waals surface area (Å²) in [6, 6.07) is 3.71. The predicted octanol–water partition coefficient (Wildman–Crippen LogP) is 0.811. The number of nitrogens with one attached hydrogen (secondary N) is 2. The van der Waals surface area contributed by atoms with Crippen LogP contribution >= 0.6 is 0 Å². The number of aromatic nitrogens is 4. The zero-order valence-electron chi connectivity index (χ0n) is 11.0. The van der Waals surface area contributed by atoms with Gasteiger partial charge in [0.05, 0.1) is 6.26 Å². The lowest BCUT2D eigenvalue weighted by Crippen LogP contribution is -2.29. The Labute approximate surface area is 113 Å². The molecule has 3 heterocycles. The Morgan fingerprint density at radius 2 is 2.15 bits per heavy atom. The molecule has 0 aliphatic heterocycles. The van der Waals surface area contributed by atoms with Gasteiger partial charge in [0.15, 0.2) is 5.65 Å². The van der Waals surface area contributed by atoms with Gasteiger partial charge in [-0.25, -0.2) is 9.78 Å². The maximum absolute atomic E-state index is 11.8. The molecule has 3 rings (SSSR count). The maximum Gasteiger partial charge on any atom is 0.330 e. The lowest BCUT2D eigenvalue weighted by Gasteiger charge is -1.99. The molecule has 0 saturated heterocycles. The van der Waals surface area contributed by atoms with Crippen molar-refractivity contribution in [1.82, 2.24) is 19.5 Å². The van der Waals surface area contributed by atoms with Crippen molar-refractivity contribution in [2.24, 2.45) is 0 Å². The van der Waals surface area contributed by atoms with Crippen LogP contribution in [-0.2, 0) is 19.4 Å². The Balaban J connectivity index is 2.00. The van der Waals surface area contributed by atoms with Crippen LogP contribution in [0.5, 0.6) is 0 Å². The van der Waals surface area contributed by atoms with E-state index in [9.17, 15) is 9.59 Å². The van der Waals surface area contributed by atoms with Gasteiger partial charge in [-0.15, -0.1) is 0 Å². The molecule has 0 atom stereocenters. The fourth-order valence-electron chi connectivity index (χ4n) is 2.20. The zero-order chi connectivity index (χ0) is 14.1. The third-order valence-electron chi connectivity index (χ3n) is 3.19. The van der Waals surface area contributed by atoms with Gasteiger partial charge < -0.3 is 9.40 Å². The molecule has 7 heteroatoms. The molecule has 0 bridgehead atoms. The first-order valence-electron chi connectivity index (χ1n) is 6.43. The molecule has 0 fully saturated rings. The van der Waals surface area contributed by atoms with Crippen molar-refractivity contribution in [2.45, 2.75) is 26.3 Å². The van der Waals surface area contributed by atoms with Gasteiger partial charge in [0.1, 0.15) is 17.1 Å². The second-order valence-corrected chi connectivity index (χ2v) is 4.47. The lowest BCUT2D eigenvalue weighted by atomic mass is 10.2. The fourth-order valence-corrected chi connectivity index (χ4v) is 2.20. The summed E-state index contributed by atoms with van der Waals surface area (Å²) in [7, 11) is 0. The molecule has 0 spiro atoms. The van der Waals surface area contributed by atoms with Crippen LogP contribution in [0, 0.1) is 0 Å². The van der Waals surface area contributed by atoms with Crippen molar-refractivity contribution in [3.05, 3.63) is 50.8 Å². The van der Waals surface area contributed by atoms with E-state index < -0.39 is 11.2 Å². The van der Waals surface area contributed by atoms with Crippen LogP contribution < -0.4 is 11.2 Å². The maximum atomic E-state index is 11.8. The van der Waals surface area contributed by atoms with Crippen LogP contribution in [-0.4, -0.2) is 19.5 Å². The SMILES string of the molecule is CCn1c(=O)[nH]c(=O)c2[nH]c(CCc3ccco3)nc21. The average molecular weight is 274 g/mol. The van der Waals surface area contributed by atoms with Crippen molar-refractivity contribution in [1.29, 1.82) is 0 Å². The lowest BCUT2D eigenvalue weighted by molar-refractivity contribution is 0.507. The highest BCUT2D eigenvalue weighted by atomic mass is 16.3. The van der Waals surface area contributed by atoms with E-state index in [1.54, 1.807) is 6.26 Å². The normalized spacial score (nSPS) is 11.2. The first-order chi connectivity index (χ1) is 9.69. The summed E-state index contributed by atoms with van der Waals surface area (Å²) in [5.74, 6) is 1.52. The van der Waals surface area contributed by atoms with E-state index >= 15 is 0 Å². The second-order valence-electron chi connectivity index (χ2n) is 4.47. The van der Waals surface area contributed by atoms with Gasteiger partial charge in [0.25, 0.3) is 5.56 Å². The van der Waals surface area contributed by atoms with Crippen molar-refractivity contribution in [2.75, 3.05) is 0 Å². The highest BCUT2D eigenvalue weighted by Gasteiger charge is 2.12. The standard InChI is InChI=1S/C13H14N4O3/c1-2-17-11-10(12(18)16-13(17)19)14-9(15-11)6-5-8-4-3-7-20-8/h3-4,7H,2,5-6H2,1H3,(H,14,15)(H,16,18,19). The molecule has 0 saturated carbocycles. The van der Waals surface area contributed by atoms with Crippen LogP contribution in [0.25, 0.3) is 11.2 Å². The van der Waals surface area contributed by atoms with E-state index in [1.165, 1.54) is 4.57 Å². The number of hydrogen-bond donors (Lipinski definition) is 2. The van der Waals surface area contributed by atoms with E-state index in [-0.39, 0.29) is 0 Å². The smallest absolute Gasteiger partial charge is 0.330 e. The quantitative estimate of drug-likeness (QED) is 0.735. The predicted molar refractivity (Wildman–Crippen MR) is 72.8 cm³/mol. The zero-order valence-corrected chi connectivity index (χ0v) is 11.0. The van der Waals surface area contributed by atoms with Crippen LogP contribution in [0.4, 0.5) is 0 Å². The molecule has 0 unspecified atom stereocenters. The number of aryl methyl sites for hydroxylation is 3. The summed E-state index contributed by atoms with van der Waals surface area (Å²) in [5.41, 5.74) is -0.142. The summed E-state index contributed by atoms with van der Waals surface area (Å²) in [4.78, 5) is 33.0. The Kier molecular flexibility index (Phi) is 3.02. The molecule has 0 amide bonds. The molecule has 3 aromatic rings. The van der Waals surface area contributed by atoms with E-state index in [2.05, 4.69) is 15.0 Å². The van der Waals surface area contributed by atoms with Crippen LogP contribution in [0.1, 0.15) is 18.5 Å². The molecule has 2 N–H and O–H groups in total. The number of rotatable bonds is 4. The summed E-state index contributed by atoms with van der Waals surface area (Å²) >= 11 is 0. The minimum atomic E-state index is -0.438. The van der Waals surface area contributed by atoms with E-state index in [0.29, 0.717) is 36.4 Å². The molecular weight excluding hydrogens is 260 g/mol. The van der Waals surface area contributed by atoms with E-state index in [4.69, 9.17) is 4.42 Å². The molecule has 104 valence electrons. The first kappa shape index (κ1) is 12.5. The summed E-state index contributed by atoms with van der Waals surface area (Å²) < 4.78 is 6.69. The molecule has 7 nitrogen and oxygen atoms in total. The van der Waals surface area contributed by atoms with Crippen LogP contribution in [0.2, 0.25) is 0 Å². The molecule has 0 aliphatic carbocycles. The number of H-pyrrole nitrogens is 2. The van der Waals surface area contributed by atoms with Crippen LogP contribution in [0.3, 0.4) is 0 Å².